The molecule has 33 heavy (non-hydrogen) atoms. The molecule has 1 N–H and O–H groups in total. The van der Waals surface area contributed by atoms with Crippen molar-refractivity contribution in [2.24, 2.45) is 5.41 Å². The topological polar surface area (TPSA) is 75.0 Å². The van der Waals surface area contributed by atoms with Gasteiger partial charge in [0, 0.05) is 19.3 Å². The molecule has 170 valence electrons. The van der Waals surface area contributed by atoms with E-state index in [4.69, 9.17) is 4.98 Å². The number of β-amino-alcohol motifs (C(OH)–C–C–N with tert-alkyl or cyclic N) is 1. The van der Waals surface area contributed by atoms with Gasteiger partial charge in [-0.3, -0.25) is 0 Å². The fourth-order valence-electron chi connectivity index (χ4n) is 6.42. The van der Waals surface area contributed by atoms with E-state index in [1.807, 2.05) is 17.0 Å². The number of benzene rings is 1. The predicted molar refractivity (Wildman–Crippen MR) is 119 cm³/mol. The molecule has 0 spiro atoms. The van der Waals surface area contributed by atoms with Crippen LogP contribution in [0, 0.1) is 17.0 Å². The van der Waals surface area contributed by atoms with E-state index in [1.54, 1.807) is 6.20 Å². The molecule has 1 aromatic carbocycles. The lowest BCUT2D eigenvalue weighted by Gasteiger charge is -2.37. The molecule has 3 heterocycles. The normalized spacial score (nSPS) is 27.2. The zero-order chi connectivity index (χ0) is 23.0. The van der Waals surface area contributed by atoms with Crippen molar-refractivity contribution in [3.63, 3.8) is 0 Å². The Labute approximate surface area is 190 Å². The fraction of sp³-hybridized carbons (Fsp3) is 0.440. The van der Waals surface area contributed by atoms with Crippen molar-refractivity contribution >= 4 is 5.95 Å². The van der Waals surface area contributed by atoms with Crippen LogP contribution in [0.4, 0.5) is 14.7 Å². The number of aliphatic hydroxyl groups excluding tert-OH is 1. The third-order valence-electron chi connectivity index (χ3n) is 8.13. The second-order valence-corrected chi connectivity index (χ2v) is 9.98. The van der Waals surface area contributed by atoms with Crippen LogP contribution in [0.3, 0.4) is 0 Å². The van der Waals surface area contributed by atoms with Crippen LogP contribution in [0.2, 0.25) is 0 Å². The highest BCUT2D eigenvalue weighted by Crippen LogP contribution is 2.69. The molecule has 0 amide bonds. The zero-order valence-electron chi connectivity index (χ0n) is 18.6. The van der Waals surface area contributed by atoms with Crippen molar-refractivity contribution in [2.75, 3.05) is 18.0 Å². The van der Waals surface area contributed by atoms with Crippen LogP contribution < -0.4 is 4.90 Å². The van der Waals surface area contributed by atoms with Gasteiger partial charge in [0.2, 0.25) is 5.95 Å². The van der Waals surface area contributed by atoms with Crippen molar-refractivity contribution in [3.05, 3.63) is 65.1 Å². The molecule has 6 rings (SSSR count). The lowest BCUT2D eigenvalue weighted by molar-refractivity contribution is 0.198. The fourth-order valence-corrected chi connectivity index (χ4v) is 6.42. The van der Waals surface area contributed by atoms with Gasteiger partial charge in [-0.2, -0.15) is 5.10 Å². The molecule has 1 aliphatic heterocycles. The molecule has 3 aromatic rings. The summed E-state index contributed by atoms with van der Waals surface area (Å²) in [6.07, 6.45) is 3.93. The van der Waals surface area contributed by atoms with Gasteiger partial charge in [-0.25, -0.2) is 18.7 Å². The van der Waals surface area contributed by atoms with Gasteiger partial charge in [-0.15, -0.1) is 5.10 Å². The average molecular weight is 450 g/mol. The van der Waals surface area contributed by atoms with Crippen molar-refractivity contribution in [1.29, 1.82) is 0 Å². The predicted octanol–water partition coefficient (Wildman–Crippen LogP) is 3.99. The smallest absolute Gasteiger partial charge is 0.225 e. The molecule has 0 unspecified atom stereocenters. The van der Waals surface area contributed by atoms with E-state index in [0.717, 1.165) is 36.3 Å². The number of anilines is 1. The lowest BCUT2D eigenvalue weighted by atomic mass is 9.66. The number of nitrogens with zero attached hydrogens (tertiary/aromatic N) is 5. The van der Waals surface area contributed by atoms with E-state index < -0.39 is 17.0 Å². The molecular weight excluding hydrogens is 424 g/mol. The maximum absolute atomic E-state index is 14.4. The summed E-state index contributed by atoms with van der Waals surface area (Å²) in [4.78, 5) is 11.4. The van der Waals surface area contributed by atoms with Crippen molar-refractivity contribution in [3.8, 4) is 11.3 Å². The molecule has 6 nitrogen and oxygen atoms in total. The van der Waals surface area contributed by atoms with E-state index in [0.29, 0.717) is 18.9 Å². The van der Waals surface area contributed by atoms with Gasteiger partial charge in [0.25, 0.3) is 0 Å². The van der Waals surface area contributed by atoms with Gasteiger partial charge in [-0.05, 0) is 60.4 Å². The quantitative estimate of drug-likeness (QED) is 0.652. The molecular formula is C25H25F2N5O. The maximum atomic E-state index is 14.4. The molecule has 3 atom stereocenters. The van der Waals surface area contributed by atoms with Crippen LogP contribution in [0.15, 0.2) is 36.5 Å². The first-order valence-corrected chi connectivity index (χ1v) is 11.4. The van der Waals surface area contributed by atoms with Crippen LogP contribution >= 0.6 is 0 Å². The first-order valence-electron chi connectivity index (χ1n) is 11.4. The van der Waals surface area contributed by atoms with Crippen LogP contribution in [0.1, 0.15) is 56.0 Å². The third kappa shape index (κ3) is 2.73. The minimum atomic E-state index is -0.644. The van der Waals surface area contributed by atoms with Crippen molar-refractivity contribution in [2.45, 2.75) is 50.5 Å². The van der Waals surface area contributed by atoms with Gasteiger partial charge >= 0.3 is 0 Å². The Morgan fingerprint density at radius 1 is 1.09 bits per heavy atom. The van der Waals surface area contributed by atoms with Crippen molar-refractivity contribution in [1.82, 2.24) is 20.2 Å². The van der Waals surface area contributed by atoms with Gasteiger partial charge in [0.05, 0.1) is 34.2 Å². The second kappa shape index (κ2) is 7.00. The Morgan fingerprint density at radius 3 is 2.61 bits per heavy atom. The summed E-state index contributed by atoms with van der Waals surface area (Å²) in [5.74, 6) is -0.489. The van der Waals surface area contributed by atoms with Crippen LogP contribution in [0.25, 0.3) is 11.3 Å². The molecule has 3 aliphatic rings. The standard InChI is InChI=1S/C25H25F2N5O/c1-24(2)16-6-9-25(24,20-7-10-28-23(29-20)32-11-8-14(33)13-32)22-15(16)12-19(30-31-22)21-17(26)4-3-5-18(21)27/h3-5,7,10,12,14,16,33H,6,8-9,11,13H2,1-2H3/t14-,16-,25+/m0/s1. The van der Waals surface area contributed by atoms with Crippen LogP contribution in [-0.4, -0.2) is 44.5 Å². The largest absolute Gasteiger partial charge is 0.391 e. The highest BCUT2D eigenvalue weighted by Gasteiger charge is 2.65. The number of hydrogen-bond acceptors (Lipinski definition) is 6. The van der Waals surface area contributed by atoms with E-state index in [-0.39, 0.29) is 28.7 Å². The first kappa shape index (κ1) is 20.6. The molecule has 2 aromatic heterocycles. The summed E-state index contributed by atoms with van der Waals surface area (Å²) >= 11 is 0. The number of hydrogen-bond donors (Lipinski definition) is 1. The second-order valence-electron chi connectivity index (χ2n) is 9.98. The highest BCUT2D eigenvalue weighted by molar-refractivity contribution is 5.64. The molecule has 2 fully saturated rings. The maximum Gasteiger partial charge on any atom is 0.225 e. The lowest BCUT2D eigenvalue weighted by Crippen LogP contribution is -2.38. The van der Waals surface area contributed by atoms with Crippen molar-refractivity contribution < 1.29 is 13.9 Å². The summed E-state index contributed by atoms with van der Waals surface area (Å²) < 4.78 is 28.9. The Balaban J connectivity index is 1.49. The Hall–Kier alpha value is -3.00. The zero-order valence-corrected chi connectivity index (χ0v) is 18.6. The Kier molecular flexibility index (Phi) is 4.37. The number of fused-ring (bicyclic) bond motifs is 5. The molecule has 8 heteroatoms. The first-order chi connectivity index (χ1) is 15.8. The van der Waals surface area contributed by atoms with E-state index in [2.05, 4.69) is 29.0 Å². The monoisotopic (exact) mass is 449 g/mol. The minimum Gasteiger partial charge on any atom is -0.391 e. The van der Waals surface area contributed by atoms with Gasteiger partial charge in [-0.1, -0.05) is 19.9 Å². The van der Waals surface area contributed by atoms with E-state index in [9.17, 15) is 13.9 Å². The number of aromatic nitrogens is 4. The number of aliphatic hydroxyl groups is 1. The molecule has 1 saturated heterocycles. The Bertz CT molecular complexity index is 1250. The summed E-state index contributed by atoms with van der Waals surface area (Å²) in [5.41, 5.74) is 2.15. The summed E-state index contributed by atoms with van der Waals surface area (Å²) in [6, 6.07) is 7.59. The summed E-state index contributed by atoms with van der Waals surface area (Å²) in [7, 11) is 0. The van der Waals surface area contributed by atoms with Gasteiger partial charge in [0.1, 0.15) is 11.6 Å². The van der Waals surface area contributed by atoms with Crippen LogP contribution in [0.5, 0.6) is 0 Å². The minimum absolute atomic E-state index is 0.139. The molecule has 0 radical (unpaired) electrons. The van der Waals surface area contributed by atoms with Gasteiger partial charge < -0.3 is 10.0 Å². The molecule has 1 saturated carbocycles. The third-order valence-corrected chi connectivity index (χ3v) is 8.13. The average Bonchev–Trinajstić information content (AvgIpc) is 3.40. The van der Waals surface area contributed by atoms with Crippen LogP contribution in [-0.2, 0) is 5.41 Å². The number of rotatable bonds is 3. The summed E-state index contributed by atoms with van der Waals surface area (Å²) in [5, 5.41) is 18.8. The Morgan fingerprint density at radius 2 is 1.88 bits per heavy atom. The highest BCUT2D eigenvalue weighted by atomic mass is 19.1. The SMILES string of the molecule is CC1(C)[C@H]2CC[C@@]1(c1ccnc(N3CC[C@H](O)C3)n1)c1nnc(-c3c(F)cccc3F)cc12. The van der Waals surface area contributed by atoms with E-state index >= 15 is 0 Å². The molecule has 2 aliphatic carbocycles. The van der Waals surface area contributed by atoms with Gasteiger partial charge in [0.15, 0.2) is 0 Å². The van der Waals surface area contributed by atoms with E-state index in [1.165, 1.54) is 18.2 Å². The summed E-state index contributed by atoms with van der Waals surface area (Å²) in [6.45, 7) is 5.68. The number of halogens is 2. The molecule has 2 bridgehead atoms.